The van der Waals surface area contributed by atoms with E-state index in [1.807, 2.05) is 25.1 Å². The zero-order valence-electron chi connectivity index (χ0n) is 15.5. The molecule has 1 amide bonds. The van der Waals surface area contributed by atoms with Crippen LogP contribution in [0.5, 0.6) is 5.75 Å². The third kappa shape index (κ3) is 8.26. The number of benzene rings is 1. The van der Waals surface area contributed by atoms with E-state index in [1.165, 1.54) is 57.8 Å². The Hall–Kier alpha value is -1.03. The standard InChI is InChI=1S/C21H32BrNO2/c1-17-15-18(22)13-14-20(17)25-16-21(24)23-19-11-9-7-5-3-2-4-6-8-10-12-19/h13-15,19H,2-12,16H2,1H3,(H,23,24). The van der Waals surface area contributed by atoms with Crippen LogP contribution in [0.15, 0.2) is 22.7 Å². The molecule has 0 bridgehead atoms. The van der Waals surface area contributed by atoms with Gasteiger partial charge in [-0.3, -0.25) is 4.79 Å². The fraction of sp³-hybridized carbons (Fsp3) is 0.667. The van der Waals surface area contributed by atoms with Crippen LogP contribution in [-0.2, 0) is 4.79 Å². The smallest absolute Gasteiger partial charge is 0.258 e. The molecule has 0 spiro atoms. The SMILES string of the molecule is Cc1cc(Br)ccc1OCC(=O)NC1CCCCCCCCCCC1. The van der Waals surface area contributed by atoms with Gasteiger partial charge in [-0.1, -0.05) is 73.7 Å². The molecule has 0 saturated heterocycles. The van der Waals surface area contributed by atoms with E-state index in [2.05, 4.69) is 21.2 Å². The number of carbonyl (C=O) groups excluding carboxylic acids is 1. The van der Waals surface area contributed by atoms with Crippen molar-refractivity contribution < 1.29 is 9.53 Å². The highest BCUT2D eigenvalue weighted by Crippen LogP contribution is 2.22. The van der Waals surface area contributed by atoms with Crippen LogP contribution in [0.1, 0.15) is 76.2 Å². The highest BCUT2D eigenvalue weighted by Gasteiger charge is 2.13. The summed E-state index contributed by atoms with van der Waals surface area (Å²) in [6.45, 7) is 2.09. The molecule has 0 aromatic heterocycles. The second-order valence-corrected chi connectivity index (χ2v) is 8.14. The van der Waals surface area contributed by atoms with Gasteiger partial charge in [-0.05, 0) is 43.5 Å². The first kappa shape index (κ1) is 20.3. The van der Waals surface area contributed by atoms with Crippen molar-refractivity contribution in [3.05, 3.63) is 28.2 Å². The van der Waals surface area contributed by atoms with Gasteiger partial charge in [0.25, 0.3) is 5.91 Å². The fourth-order valence-electron chi connectivity index (χ4n) is 3.49. The maximum atomic E-state index is 12.3. The summed E-state index contributed by atoms with van der Waals surface area (Å²) in [6, 6.07) is 6.15. The maximum absolute atomic E-state index is 12.3. The Balaban J connectivity index is 1.77. The van der Waals surface area contributed by atoms with E-state index in [9.17, 15) is 4.79 Å². The molecule has 0 aliphatic heterocycles. The number of halogens is 1. The Labute approximate surface area is 161 Å². The molecule has 1 N–H and O–H groups in total. The Kier molecular flexibility index (Phi) is 9.38. The van der Waals surface area contributed by atoms with Gasteiger partial charge in [0.2, 0.25) is 0 Å². The Bertz CT molecular complexity index is 521. The Morgan fingerprint density at radius 2 is 1.60 bits per heavy atom. The number of amides is 1. The summed E-state index contributed by atoms with van der Waals surface area (Å²) in [6.07, 6.45) is 14.0. The summed E-state index contributed by atoms with van der Waals surface area (Å²) in [5, 5.41) is 3.20. The lowest BCUT2D eigenvalue weighted by molar-refractivity contribution is -0.123. The van der Waals surface area contributed by atoms with Gasteiger partial charge in [0.05, 0.1) is 0 Å². The summed E-state index contributed by atoms with van der Waals surface area (Å²) < 4.78 is 6.72. The van der Waals surface area contributed by atoms with Crippen molar-refractivity contribution >= 4 is 21.8 Å². The van der Waals surface area contributed by atoms with Crippen molar-refractivity contribution in [1.82, 2.24) is 5.32 Å². The number of rotatable bonds is 4. The van der Waals surface area contributed by atoms with Gasteiger partial charge in [0.15, 0.2) is 6.61 Å². The average Bonchev–Trinajstić information content (AvgIpc) is 2.56. The molecule has 1 aromatic rings. The van der Waals surface area contributed by atoms with E-state index < -0.39 is 0 Å². The van der Waals surface area contributed by atoms with Gasteiger partial charge in [-0.2, -0.15) is 0 Å². The van der Waals surface area contributed by atoms with Gasteiger partial charge in [0, 0.05) is 10.5 Å². The molecule has 1 aliphatic carbocycles. The molecule has 140 valence electrons. The minimum Gasteiger partial charge on any atom is -0.484 e. The second-order valence-electron chi connectivity index (χ2n) is 7.22. The van der Waals surface area contributed by atoms with Gasteiger partial charge in [0.1, 0.15) is 5.75 Å². The molecule has 3 nitrogen and oxygen atoms in total. The first-order valence-corrected chi connectivity index (χ1v) is 10.6. The highest BCUT2D eigenvalue weighted by molar-refractivity contribution is 9.10. The number of aryl methyl sites for hydroxylation is 1. The van der Waals surface area contributed by atoms with Crippen molar-refractivity contribution in [2.24, 2.45) is 0 Å². The minimum atomic E-state index is -0.000544. The summed E-state index contributed by atoms with van der Waals surface area (Å²) in [5.74, 6) is 0.774. The van der Waals surface area contributed by atoms with Crippen LogP contribution in [0, 0.1) is 6.92 Å². The second kappa shape index (κ2) is 11.6. The van der Waals surface area contributed by atoms with Crippen molar-refractivity contribution in [3.63, 3.8) is 0 Å². The zero-order chi connectivity index (χ0) is 17.9. The molecule has 1 aromatic carbocycles. The highest BCUT2D eigenvalue weighted by atomic mass is 79.9. The molecule has 1 fully saturated rings. The van der Waals surface area contributed by atoms with Crippen molar-refractivity contribution in [3.8, 4) is 5.75 Å². The van der Waals surface area contributed by atoms with E-state index in [0.29, 0.717) is 6.04 Å². The minimum absolute atomic E-state index is 0.000544. The lowest BCUT2D eigenvalue weighted by Gasteiger charge is -2.20. The zero-order valence-corrected chi connectivity index (χ0v) is 17.1. The van der Waals surface area contributed by atoms with Crippen molar-refractivity contribution in [2.75, 3.05) is 6.61 Å². The van der Waals surface area contributed by atoms with Crippen molar-refractivity contribution in [2.45, 2.75) is 83.6 Å². The molecule has 25 heavy (non-hydrogen) atoms. The van der Waals surface area contributed by atoms with Crippen LogP contribution in [0.2, 0.25) is 0 Å². The van der Waals surface area contributed by atoms with Gasteiger partial charge in [-0.15, -0.1) is 0 Å². The molecule has 4 heteroatoms. The lowest BCUT2D eigenvalue weighted by atomic mass is 9.98. The van der Waals surface area contributed by atoms with E-state index >= 15 is 0 Å². The van der Waals surface area contributed by atoms with Crippen LogP contribution >= 0.6 is 15.9 Å². The van der Waals surface area contributed by atoms with E-state index in [1.54, 1.807) is 0 Å². The lowest BCUT2D eigenvalue weighted by Crippen LogP contribution is -2.38. The largest absolute Gasteiger partial charge is 0.484 e. The topological polar surface area (TPSA) is 38.3 Å². The van der Waals surface area contributed by atoms with Gasteiger partial charge in [-0.25, -0.2) is 0 Å². The number of hydrogen-bond acceptors (Lipinski definition) is 2. The van der Waals surface area contributed by atoms with Crippen LogP contribution in [0.4, 0.5) is 0 Å². The number of ether oxygens (including phenoxy) is 1. The molecular formula is C21H32BrNO2. The van der Waals surface area contributed by atoms with E-state index in [-0.39, 0.29) is 12.5 Å². The molecule has 0 atom stereocenters. The van der Waals surface area contributed by atoms with Crippen LogP contribution in [0.25, 0.3) is 0 Å². The number of carbonyl (C=O) groups is 1. The Morgan fingerprint density at radius 1 is 1.04 bits per heavy atom. The number of nitrogens with one attached hydrogen (secondary N) is 1. The number of hydrogen-bond donors (Lipinski definition) is 1. The van der Waals surface area contributed by atoms with Crippen LogP contribution in [-0.4, -0.2) is 18.6 Å². The molecule has 1 saturated carbocycles. The predicted molar refractivity (Wildman–Crippen MR) is 107 cm³/mol. The summed E-state index contributed by atoms with van der Waals surface area (Å²) in [7, 11) is 0. The maximum Gasteiger partial charge on any atom is 0.258 e. The van der Waals surface area contributed by atoms with E-state index in [0.717, 1.165) is 28.6 Å². The molecule has 0 unspecified atom stereocenters. The predicted octanol–water partition coefficient (Wildman–Crippen LogP) is 5.93. The molecule has 2 rings (SSSR count). The molecule has 0 heterocycles. The van der Waals surface area contributed by atoms with Crippen LogP contribution in [0.3, 0.4) is 0 Å². The summed E-state index contributed by atoms with van der Waals surface area (Å²) in [4.78, 5) is 12.3. The molecule has 0 radical (unpaired) electrons. The first-order chi connectivity index (χ1) is 12.1. The normalized spacial score (nSPS) is 18.0. The Morgan fingerprint density at radius 3 is 2.16 bits per heavy atom. The third-order valence-electron chi connectivity index (χ3n) is 4.97. The van der Waals surface area contributed by atoms with Crippen LogP contribution < -0.4 is 10.1 Å². The quantitative estimate of drug-likeness (QED) is 0.669. The molecule has 1 aliphatic rings. The molecular weight excluding hydrogens is 378 g/mol. The van der Waals surface area contributed by atoms with E-state index in [4.69, 9.17) is 4.74 Å². The monoisotopic (exact) mass is 409 g/mol. The van der Waals surface area contributed by atoms with Crippen molar-refractivity contribution in [1.29, 1.82) is 0 Å². The summed E-state index contributed by atoms with van der Waals surface area (Å²) in [5.41, 5.74) is 1.04. The average molecular weight is 410 g/mol. The van der Waals surface area contributed by atoms with Gasteiger partial charge >= 0.3 is 0 Å². The summed E-state index contributed by atoms with van der Waals surface area (Å²) >= 11 is 3.44. The first-order valence-electron chi connectivity index (χ1n) is 9.83. The fourth-order valence-corrected chi connectivity index (χ4v) is 3.97. The van der Waals surface area contributed by atoms with Gasteiger partial charge < -0.3 is 10.1 Å². The third-order valence-corrected chi connectivity index (χ3v) is 5.46.